The number of rotatable bonds is 7. The van der Waals surface area contributed by atoms with E-state index in [1.165, 1.54) is 7.11 Å². The Hall–Kier alpha value is -4.26. The largest absolute Gasteiger partial charge is 0.493 e. The zero-order valence-electron chi connectivity index (χ0n) is 19.3. The van der Waals surface area contributed by atoms with Crippen molar-refractivity contribution < 1.29 is 33.3 Å². The summed E-state index contributed by atoms with van der Waals surface area (Å²) in [5, 5.41) is 0. The lowest BCUT2D eigenvalue weighted by atomic mass is 10.0. The molecule has 0 N–H and O–H groups in total. The summed E-state index contributed by atoms with van der Waals surface area (Å²) in [5.74, 6) is 1.69. The minimum Gasteiger partial charge on any atom is -0.493 e. The van der Waals surface area contributed by atoms with Crippen LogP contribution in [0, 0.1) is 6.92 Å². The fourth-order valence-electron chi connectivity index (χ4n) is 3.75. The fourth-order valence-corrected chi connectivity index (χ4v) is 3.75. The maximum absolute atomic E-state index is 13.0. The van der Waals surface area contributed by atoms with Crippen LogP contribution in [0.4, 0.5) is 0 Å². The van der Waals surface area contributed by atoms with Crippen molar-refractivity contribution in [3.8, 4) is 23.0 Å². The molecule has 0 radical (unpaired) electrons. The smallest absolute Gasteiger partial charge is 0.337 e. The van der Waals surface area contributed by atoms with E-state index in [0.717, 1.165) is 11.1 Å². The van der Waals surface area contributed by atoms with Crippen LogP contribution in [0.2, 0.25) is 0 Å². The molecule has 3 aromatic rings. The van der Waals surface area contributed by atoms with E-state index in [1.807, 2.05) is 19.1 Å². The van der Waals surface area contributed by atoms with Crippen LogP contribution in [0.15, 0.2) is 60.4 Å². The van der Waals surface area contributed by atoms with Crippen molar-refractivity contribution in [1.29, 1.82) is 0 Å². The molecule has 34 heavy (non-hydrogen) atoms. The van der Waals surface area contributed by atoms with Crippen LogP contribution < -0.4 is 18.9 Å². The second kappa shape index (κ2) is 9.70. The summed E-state index contributed by atoms with van der Waals surface area (Å²) in [6.07, 6.45) is 1.65. The molecule has 0 aromatic heterocycles. The molecule has 7 nitrogen and oxygen atoms in total. The van der Waals surface area contributed by atoms with Gasteiger partial charge in [-0.2, -0.15) is 0 Å². The molecule has 0 unspecified atom stereocenters. The number of Topliss-reactive ketones (excluding diaryl/α,β-unsaturated/α-hetero) is 1. The lowest BCUT2D eigenvalue weighted by Crippen LogP contribution is -2.02. The summed E-state index contributed by atoms with van der Waals surface area (Å²) in [7, 11) is 4.44. The second-order valence-corrected chi connectivity index (χ2v) is 7.61. The van der Waals surface area contributed by atoms with Crippen LogP contribution in [0.25, 0.3) is 6.08 Å². The fraction of sp³-hybridized carbons (Fsp3) is 0.185. The van der Waals surface area contributed by atoms with Gasteiger partial charge in [0.25, 0.3) is 0 Å². The van der Waals surface area contributed by atoms with Crippen molar-refractivity contribution in [2.45, 2.75) is 13.5 Å². The van der Waals surface area contributed by atoms with E-state index < -0.39 is 0 Å². The third-order valence-electron chi connectivity index (χ3n) is 5.44. The maximum atomic E-state index is 13.0. The molecular weight excluding hydrogens is 436 g/mol. The van der Waals surface area contributed by atoms with Crippen LogP contribution in [-0.2, 0) is 11.3 Å². The molecule has 3 aromatic carbocycles. The summed E-state index contributed by atoms with van der Waals surface area (Å²) >= 11 is 0. The summed E-state index contributed by atoms with van der Waals surface area (Å²) < 4.78 is 27.3. The number of benzene rings is 3. The molecule has 0 fully saturated rings. The highest BCUT2D eigenvalue weighted by atomic mass is 16.5. The van der Waals surface area contributed by atoms with Crippen molar-refractivity contribution in [2.75, 3.05) is 21.3 Å². The van der Waals surface area contributed by atoms with E-state index in [-0.39, 0.29) is 24.1 Å². The SMILES string of the molecule is COC(=O)c1ccc(COc2cc(C)c3c(c2)O/C(=C\c2cccc(OC)c2OC)C3=O)cc1. The number of esters is 1. The molecule has 4 rings (SSSR count). The Morgan fingerprint density at radius 3 is 2.44 bits per heavy atom. The van der Waals surface area contributed by atoms with E-state index in [0.29, 0.717) is 39.7 Å². The highest BCUT2D eigenvalue weighted by Gasteiger charge is 2.30. The van der Waals surface area contributed by atoms with E-state index >= 15 is 0 Å². The van der Waals surface area contributed by atoms with Crippen molar-refractivity contribution in [3.05, 3.63) is 88.2 Å². The van der Waals surface area contributed by atoms with Gasteiger partial charge in [-0.3, -0.25) is 4.79 Å². The highest BCUT2D eigenvalue weighted by Crippen LogP contribution is 2.39. The van der Waals surface area contributed by atoms with Crippen molar-refractivity contribution in [2.24, 2.45) is 0 Å². The second-order valence-electron chi connectivity index (χ2n) is 7.61. The Bertz CT molecular complexity index is 1270. The Kier molecular flexibility index (Phi) is 6.54. The third kappa shape index (κ3) is 4.45. The zero-order chi connectivity index (χ0) is 24.2. The Morgan fingerprint density at radius 2 is 1.76 bits per heavy atom. The van der Waals surface area contributed by atoms with Gasteiger partial charge in [-0.25, -0.2) is 4.79 Å². The van der Waals surface area contributed by atoms with Gasteiger partial charge >= 0.3 is 5.97 Å². The van der Waals surface area contributed by atoms with Gasteiger partial charge in [0.15, 0.2) is 17.3 Å². The van der Waals surface area contributed by atoms with Crippen LogP contribution in [0.1, 0.15) is 37.4 Å². The number of ketones is 1. The average Bonchev–Trinajstić information content (AvgIpc) is 3.17. The van der Waals surface area contributed by atoms with Crippen molar-refractivity contribution >= 4 is 17.8 Å². The monoisotopic (exact) mass is 460 g/mol. The lowest BCUT2D eigenvalue weighted by Gasteiger charge is -2.10. The third-order valence-corrected chi connectivity index (χ3v) is 5.44. The zero-order valence-corrected chi connectivity index (χ0v) is 19.3. The minimum atomic E-state index is -0.390. The van der Waals surface area contributed by atoms with Crippen molar-refractivity contribution in [1.82, 2.24) is 0 Å². The number of hydrogen-bond acceptors (Lipinski definition) is 7. The van der Waals surface area contributed by atoms with Gasteiger partial charge in [0.1, 0.15) is 18.1 Å². The van der Waals surface area contributed by atoms with E-state index in [2.05, 4.69) is 0 Å². The Morgan fingerprint density at radius 1 is 1.00 bits per heavy atom. The standard InChI is InChI=1S/C27H24O7/c1-16-12-20(33-15-17-8-10-18(11-9-17)27(29)32-4)14-22-24(16)25(28)23(34-22)13-19-6-5-7-21(30-2)26(19)31-3/h5-14H,15H2,1-4H3/b23-13-. The number of ether oxygens (including phenoxy) is 5. The van der Waals surface area contributed by atoms with Gasteiger partial charge in [-0.1, -0.05) is 24.3 Å². The van der Waals surface area contributed by atoms with Crippen molar-refractivity contribution in [3.63, 3.8) is 0 Å². The molecule has 0 atom stereocenters. The van der Waals surface area contributed by atoms with E-state index in [9.17, 15) is 9.59 Å². The molecule has 0 bridgehead atoms. The normalized spacial score (nSPS) is 13.3. The first-order valence-corrected chi connectivity index (χ1v) is 10.5. The first kappa shape index (κ1) is 22.9. The molecule has 0 aliphatic carbocycles. The molecule has 1 aliphatic heterocycles. The van der Waals surface area contributed by atoms with Gasteiger partial charge in [0.05, 0.1) is 32.5 Å². The average molecular weight is 460 g/mol. The quantitative estimate of drug-likeness (QED) is 0.363. The number of allylic oxidation sites excluding steroid dienone is 1. The van der Waals surface area contributed by atoms with Gasteiger partial charge in [0.2, 0.25) is 5.78 Å². The van der Waals surface area contributed by atoms with Gasteiger partial charge in [0, 0.05) is 11.6 Å². The molecule has 0 saturated carbocycles. The van der Waals surface area contributed by atoms with Crippen LogP contribution in [0.3, 0.4) is 0 Å². The highest BCUT2D eigenvalue weighted by molar-refractivity contribution is 6.15. The van der Waals surface area contributed by atoms with Crippen LogP contribution in [0.5, 0.6) is 23.0 Å². The summed E-state index contributed by atoms with van der Waals surface area (Å²) in [6.45, 7) is 2.13. The Balaban J connectivity index is 1.54. The number of hydrogen-bond donors (Lipinski definition) is 0. The van der Waals surface area contributed by atoms with Gasteiger partial charge in [-0.15, -0.1) is 0 Å². The minimum absolute atomic E-state index is 0.195. The molecular formula is C27H24O7. The number of methoxy groups -OCH3 is 3. The van der Waals surface area contributed by atoms with Crippen LogP contribution >= 0.6 is 0 Å². The Labute approximate surface area is 197 Å². The molecule has 7 heteroatoms. The number of para-hydroxylation sites is 1. The van der Waals surface area contributed by atoms with E-state index in [1.54, 1.807) is 62.8 Å². The maximum Gasteiger partial charge on any atom is 0.337 e. The summed E-state index contributed by atoms with van der Waals surface area (Å²) in [5.41, 5.74) is 3.27. The topological polar surface area (TPSA) is 80.3 Å². The number of carbonyl (C=O) groups is 2. The predicted octanol–water partition coefficient (Wildman–Crippen LogP) is 4.99. The molecule has 0 spiro atoms. The summed E-state index contributed by atoms with van der Waals surface area (Å²) in [4.78, 5) is 24.6. The number of fused-ring (bicyclic) bond motifs is 1. The molecule has 174 valence electrons. The molecule has 1 heterocycles. The first-order chi connectivity index (χ1) is 16.4. The molecule has 0 saturated heterocycles. The van der Waals surface area contributed by atoms with E-state index in [4.69, 9.17) is 23.7 Å². The molecule has 1 aliphatic rings. The molecule has 0 amide bonds. The van der Waals surface area contributed by atoms with Crippen LogP contribution in [-0.4, -0.2) is 33.1 Å². The lowest BCUT2D eigenvalue weighted by molar-refractivity contribution is 0.0600. The first-order valence-electron chi connectivity index (χ1n) is 10.5. The predicted molar refractivity (Wildman–Crippen MR) is 126 cm³/mol. The summed E-state index contributed by atoms with van der Waals surface area (Å²) in [6, 6.07) is 15.9. The number of aryl methyl sites for hydroxylation is 1. The van der Waals surface area contributed by atoms with Gasteiger partial charge < -0.3 is 23.7 Å². The number of carbonyl (C=O) groups excluding carboxylic acids is 2. The van der Waals surface area contributed by atoms with Gasteiger partial charge in [-0.05, 0) is 48.4 Å².